The van der Waals surface area contributed by atoms with Crippen molar-refractivity contribution in [1.29, 1.82) is 5.26 Å². The molecule has 2 aromatic carbocycles. The number of thioether (sulfide) groups is 1. The van der Waals surface area contributed by atoms with E-state index < -0.39 is 11.4 Å². The zero-order valence-corrected chi connectivity index (χ0v) is 19.0. The number of carbonyl (C=O) groups excluding carboxylic acids is 1. The molecule has 0 saturated heterocycles. The third kappa shape index (κ3) is 4.30. The molecule has 0 amide bonds. The molecule has 1 atom stereocenters. The largest absolute Gasteiger partial charge is 0.438 e. The molecule has 0 spiro atoms. The van der Waals surface area contributed by atoms with Crippen molar-refractivity contribution in [1.82, 2.24) is 10.3 Å². The molecule has 0 bridgehead atoms. The number of para-hydroxylation sites is 1. The number of hydrogen-bond acceptors (Lipinski definition) is 6. The lowest BCUT2D eigenvalue weighted by Crippen LogP contribution is -2.41. The van der Waals surface area contributed by atoms with Gasteiger partial charge in [-0.1, -0.05) is 60.3 Å². The highest BCUT2D eigenvalue weighted by Gasteiger charge is 2.31. The van der Waals surface area contributed by atoms with E-state index in [-0.39, 0.29) is 11.4 Å². The lowest BCUT2D eigenvalue weighted by Gasteiger charge is -2.25. The maximum Gasteiger partial charge on any atom is 0.438 e. The Balaban J connectivity index is 1.36. The smallest absolute Gasteiger partial charge is 0.286 e. The van der Waals surface area contributed by atoms with Crippen LogP contribution in [0.1, 0.15) is 45.2 Å². The number of fused-ring (bicyclic) bond motifs is 1. The Labute approximate surface area is 200 Å². The number of H-pyrrole nitrogens is 1. The van der Waals surface area contributed by atoms with Crippen molar-refractivity contribution in [3.05, 3.63) is 105 Å². The van der Waals surface area contributed by atoms with Gasteiger partial charge in [-0.25, -0.2) is 9.78 Å². The van der Waals surface area contributed by atoms with Gasteiger partial charge in [0.1, 0.15) is 11.1 Å². The number of nitrogens with one attached hydrogen (secondary N) is 1. The number of carbonyl (C=O) groups is 1. The average Bonchev–Trinajstić information content (AvgIpc) is 3.28. The van der Waals surface area contributed by atoms with Crippen LogP contribution in [0.3, 0.4) is 0 Å². The highest BCUT2D eigenvalue weighted by Crippen LogP contribution is 2.34. The summed E-state index contributed by atoms with van der Waals surface area (Å²) in [7, 11) is 0. The first-order valence-corrected chi connectivity index (χ1v) is 12.0. The lowest BCUT2D eigenvalue weighted by atomic mass is 9.82. The molecule has 1 N–H and O–H groups in total. The Bertz CT molecular complexity index is 1440. The quantitative estimate of drug-likeness (QED) is 0.262. The van der Waals surface area contributed by atoms with E-state index in [4.69, 9.17) is 9.51 Å². The minimum atomic E-state index is -0.736. The average molecular weight is 470 g/mol. The number of hydrogen-bond donors (Lipinski definition) is 1. The van der Waals surface area contributed by atoms with E-state index in [1.807, 2.05) is 30.3 Å². The maximum absolute atomic E-state index is 12.9. The van der Waals surface area contributed by atoms with Gasteiger partial charge in [-0.05, 0) is 52.3 Å². The van der Waals surface area contributed by atoms with Crippen LogP contribution in [0.5, 0.6) is 0 Å². The fourth-order valence-electron chi connectivity index (χ4n) is 4.32. The van der Waals surface area contributed by atoms with Crippen LogP contribution < -0.4 is 10.3 Å². The molecule has 0 radical (unpaired) electrons. The van der Waals surface area contributed by atoms with Crippen molar-refractivity contribution in [2.45, 2.75) is 30.2 Å². The number of aryl methyl sites for hydroxylation is 1. The Morgan fingerprint density at radius 1 is 1.18 bits per heavy atom. The highest BCUT2D eigenvalue weighted by molar-refractivity contribution is 8.00. The Morgan fingerprint density at radius 2 is 1.91 bits per heavy atom. The second-order valence-corrected chi connectivity index (χ2v) is 9.09. The number of benzene rings is 2. The van der Waals surface area contributed by atoms with E-state index in [1.165, 1.54) is 22.0 Å². The van der Waals surface area contributed by atoms with Gasteiger partial charge in [0.15, 0.2) is 0 Å². The lowest BCUT2D eigenvalue weighted by molar-refractivity contribution is -0.672. The molecule has 2 heterocycles. The summed E-state index contributed by atoms with van der Waals surface area (Å²) in [4.78, 5) is 29.9. The van der Waals surface area contributed by atoms with Crippen molar-refractivity contribution in [2.24, 2.45) is 0 Å². The first kappa shape index (κ1) is 21.9. The molecule has 7 nitrogen and oxygen atoms in total. The van der Waals surface area contributed by atoms with Gasteiger partial charge in [-0.2, -0.15) is 5.26 Å². The molecule has 168 valence electrons. The molecule has 1 aliphatic carbocycles. The molecule has 4 aromatic rings. The molecule has 0 fully saturated rings. The van der Waals surface area contributed by atoms with Gasteiger partial charge in [-0.3, -0.25) is 9.32 Å². The van der Waals surface area contributed by atoms with Crippen molar-refractivity contribution >= 4 is 17.5 Å². The van der Waals surface area contributed by atoms with E-state index in [2.05, 4.69) is 23.5 Å². The minimum Gasteiger partial charge on any atom is -0.286 e. The third-order valence-corrected chi connectivity index (χ3v) is 7.00. The van der Waals surface area contributed by atoms with E-state index in [9.17, 15) is 14.9 Å². The summed E-state index contributed by atoms with van der Waals surface area (Å²) in [5, 5.41) is 12.7. The topological polar surface area (TPSA) is 104 Å². The number of nitrogens with zero attached hydrogens (tertiary/aromatic N) is 3. The number of aromatic amines is 1. The normalized spacial score (nSPS) is 14.9. The van der Waals surface area contributed by atoms with Crippen LogP contribution >= 0.6 is 11.8 Å². The molecule has 34 heavy (non-hydrogen) atoms. The summed E-state index contributed by atoms with van der Waals surface area (Å²) in [6.07, 6.45) is 2.64. The summed E-state index contributed by atoms with van der Waals surface area (Å²) >= 11 is 1.17. The monoisotopic (exact) mass is 469 g/mol. The van der Waals surface area contributed by atoms with Gasteiger partial charge in [0.2, 0.25) is 11.5 Å². The second-order valence-electron chi connectivity index (χ2n) is 8.12. The summed E-state index contributed by atoms with van der Waals surface area (Å²) in [6.45, 7) is 0. The maximum atomic E-state index is 12.9. The van der Waals surface area contributed by atoms with Crippen LogP contribution in [-0.2, 0) is 12.8 Å². The van der Waals surface area contributed by atoms with Gasteiger partial charge in [0, 0.05) is 17.8 Å². The third-order valence-electron chi connectivity index (χ3n) is 6.01. The molecular formula is C26H21N4O3S+. The van der Waals surface area contributed by atoms with Gasteiger partial charge < -0.3 is 0 Å². The van der Waals surface area contributed by atoms with Crippen molar-refractivity contribution in [3.8, 4) is 11.8 Å². The molecular weight excluding hydrogens is 448 g/mol. The zero-order valence-electron chi connectivity index (χ0n) is 18.2. The summed E-state index contributed by atoms with van der Waals surface area (Å²) in [5.74, 6) is -0.0393. The molecule has 0 aliphatic heterocycles. The number of nitriles is 1. The van der Waals surface area contributed by atoms with Crippen molar-refractivity contribution in [2.75, 3.05) is 5.75 Å². The Morgan fingerprint density at radius 3 is 2.65 bits per heavy atom. The Hall–Kier alpha value is -3.96. The van der Waals surface area contributed by atoms with Crippen LogP contribution in [0.15, 0.2) is 81.1 Å². The molecule has 0 saturated carbocycles. The fraction of sp³-hybridized carbons (Fsp3) is 0.192. The Kier molecular flexibility index (Phi) is 6.11. The van der Waals surface area contributed by atoms with Crippen LogP contribution in [0.4, 0.5) is 0 Å². The van der Waals surface area contributed by atoms with Crippen molar-refractivity contribution < 1.29 is 14.0 Å². The van der Waals surface area contributed by atoms with Crippen LogP contribution in [-0.4, -0.2) is 21.8 Å². The van der Waals surface area contributed by atoms with Gasteiger partial charge in [-0.15, -0.1) is 0 Å². The van der Waals surface area contributed by atoms with Gasteiger partial charge in [0.05, 0.1) is 11.3 Å². The number of pyridine rings is 1. The van der Waals surface area contributed by atoms with Crippen LogP contribution in [0.2, 0.25) is 0 Å². The van der Waals surface area contributed by atoms with E-state index in [1.54, 1.807) is 24.3 Å². The molecule has 5 rings (SSSR count). The molecule has 1 aliphatic rings. The predicted molar refractivity (Wildman–Crippen MR) is 126 cm³/mol. The first-order valence-electron chi connectivity index (χ1n) is 11.0. The van der Waals surface area contributed by atoms with Crippen molar-refractivity contribution in [3.63, 3.8) is 0 Å². The number of ketones is 1. The second kappa shape index (κ2) is 9.49. The van der Waals surface area contributed by atoms with E-state index >= 15 is 0 Å². The SMILES string of the molecule is N#Cc1cc2c(nc1SCC(=O)c1c(=O)o[nH][n+]1-c1ccccc1)CCC(c1ccccc1)C2. The number of Topliss-reactive ketones (excluding diaryl/α,β-unsaturated/α-hetero) is 1. The summed E-state index contributed by atoms with van der Waals surface area (Å²) in [6, 6.07) is 23.5. The first-order chi connectivity index (χ1) is 16.6. The molecule has 1 unspecified atom stereocenters. The van der Waals surface area contributed by atoms with Crippen LogP contribution in [0, 0.1) is 11.3 Å². The highest BCUT2D eigenvalue weighted by atomic mass is 32.2. The standard InChI is InChI=1S/C26H20N4O3S/c27-15-20-14-19-13-18(17-7-3-1-4-8-17)11-12-22(19)28-25(20)34-16-23(31)24-26(32)33-29-30(24)21-9-5-2-6-10-21/h1-10,14,18H,11-13,16H2/p+1. The zero-order chi connectivity index (χ0) is 23.5. The van der Waals surface area contributed by atoms with E-state index in [0.29, 0.717) is 22.2 Å². The number of aromatic nitrogens is 3. The summed E-state index contributed by atoms with van der Waals surface area (Å²) in [5.41, 5.74) is 3.58. The minimum absolute atomic E-state index is 0.0391. The van der Waals surface area contributed by atoms with Gasteiger partial charge in [0.25, 0.3) is 0 Å². The predicted octanol–water partition coefficient (Wildman–Crippen LogP) is 3.76. The van der Waals surface area contributed by atoms with Gasteiger partial charge >= 0.3 is 11.3 Å². The molecule has 8 heteroatoms. The fourth-order valence-corrected chi connectivity index (χ4v) is 5.16. The summed E-state index contributed by atoms with van der Waals surface area (Å²) < 4.78 is 6.21. The molecule has 2 aromatic heterocycles. The number of rotatable bonds is 6. The van der Waals surface area contributed by atoms with E-state index in [0.717, 1.165) is 30.5 Å². The van der Waals surface area contributed by atoms with Crippen LogP contribution in [0.25, 0.3) is 5.69 Å².